The Morgan fingerprint density at radius 2 is 2.46 bits per heavy atom. The molecule has 4 heteroatoms. The van der Waals surface area contributed by atoms with Gasteiger partial charge in [-0.05, 0) is 13.3 Å². The maximum absolute atomic E-state index is 11.1. The minimum Gasteiger partial charge on any atom is -0.466 e. The van der Waals surface area contributed by atoms with Crippen molar-refractivity contribution in [2.75, 3.05) is 13.2 Å². The Morgan fingerprint density at radius 3 is 3.00 bits per heavy atom. The van der Waals surface area contributed by atoms with Crippen molar-refractivity contribution in [1.29, 1.82) is 0 Å². The lowest BCUT2D eigenvalue weighted by Gasteiger charge is -2.06. The summed E-state index contributed by atoms with van der Waals surface area (Å²) in [5.74, 6) is -0.157. The van der Waals surface area contributed by atoms with Gasteiger partial charge in [-0.15, -0.1) is 0 Å². The number of hydrogen-bond acceptors (Lipinski definition) is 4. The monoisotopic (exact) mass is 186 g/mol. The Hall–Kier alpha value is -0.900. The second-order valence-corrected chi connectivity index (χ2v) is 2.92. The van der Waals surface area contributed by atoms with Gasteiger partial charge in [-0.3, -0.25) is 9.59 Å². The van der Waals surface area contributed by atoms with Crippen LogP contribution in [0.4, 0.5) is 0 Å². The van der Waals surface area contributed by atoms with Crippen LogP contribution in [0.15, 0.2) is 0 Å². The summed E-state index contributed by atoms with van der Waals surface area (Å²) in [7, 11) is 0. The molecule has 0 bridgehead atoms. The van der Waals surface area contributed by atoms with Crippen LogP contribution in [0, 0.1) is 0 Å². The van der Waals surface area contributed by atoms with Gasteiger partial charge in [-0.1, -0.05) is 0 Å². The molecule has 1 aliphatic rings. The van der Waals surface area contributed by atoms with Crippen molar-refractivity contribution >= 4 is 11.8 Å². The molecule has 0 radical (unpaired) electrons. The third kappa shape index (κ3) is 3.14. The first-order valence-corrected chi connectivity index (χ1v) is 4.54. The van der Waals surface area contributed by atoms with Crippen LogP contribution < -0.4 is 0 Å². The molecule has 1 rings (SSSR count). The van der Waals surface area contributed by atoms with Crippen LogP contribution in [0.3, 0.4) is 0 Å². The summed E-state index contributed by atoms with van der Waals surface area (Å²) in [5, 5.41) is 0. The summed E-state index contributed by atoms with van der Waals surface area (Å²) in [6.07, 6.45) is 0.833. The Kier molecular flexibility index (Phi) is 3.89. The second-order valence-electron chi connectivity index (χ2n) is 2.92. The van der Waals surface area contributed by atoms with E-state index in [1.165, 1.54) is 0 Å². The Bertz CT molecular complexity index is 200. The van der Waals surface area contributed by atoms with Gasteiger partial charge < -0.3 is 9.47 Å². The number of ether oxygens (including phenoxy) is 2. The molecule has 1 aliphatic heterocycles. The number of esters is 1. The highest BCUT2D eigenvalue weighted by Crippen LogP contribution is 2.13. The number of hydrogen-bond donors (Lipinski definition) is 0. The molecule has 0 aromatic heterocycles. The molecule has 0 amide bonds. The minimum absolute atomic E-state index is 0.101. The molecule has 0 spiro atoms. The molecular weight excluding hydrogens is 172 g/mol. The molecule has 4 nitrogen and oxygen atoms in total. The molecule has 0 aromatic carbocycles. The molecule has 0 aliphatic carbocycles. The van der Waals surface area contributed by atoms with Gasteiger partial charge in [0.25, 0.3) is 0 Å². The molecular formula is C9H14O4. The lowest BCUT2D eigenvalue weighted by Crippen LogP contribution is -2.17. The number of rotatable bonds is 4. The zero-order valence-electron chi connectivity index (χ0n) is 7.75. The Balaban J connectivity index is 2.18. The lowest BCUT2D eigenvalue weighted by atomic mass is 10.1. The molecule has 1 saturated heterocycles. The van der Waals surface area contributed by atoms with Crippen LogP contribution in [0.2, 0.25) is 0 Å². The molecule has 13 heavy (non-hydrogen) atoms. The maximum Gasteiger partial charge on any atom is 0.305 e. The van der Waals surface area contributed by atoms with E-state index in [4.69, 9.17) is 9.47 Å². The van der Waals surface area contributed by atoms with Gasteiger partial charge in [-0.2, -0.15) is 0 Å². The predicted molar refractivity (Wildman–Crippen MR) is 45.2 cm³/mol. The molecule has 1 fully saturated rings. The van der Waals surface area contributed by atoms with E-state index >= 15 is 0 Å². The van der Waals surface area contributed by atoms with Gasteiger partial charge in [0.05, 0.1) is 13.2 Å². The van der Waals surface area contributed by atoms with Gasteiger partial charge in [-0.25, -0.2) is 0 Å². The molecule has 1 atom stereocenters. The average Bonchev–Trinajstić information content (AvgIpc) is 2.48. The van der Waals surface area contributed by atoms with E-state index in [2.05, 4.69) is 0 Å². The van der Waals surface area contributed by atoms with Crippen molar-refractivity contribution in [2.45, 2.75) is 32.3 Å². The molecule has 1 heterocycles. The standard InChI is InChI=1S/C9H14O4/c1-2-12-9(11)4-3-8-7(10)5-6-13-8/h8H,2-6H2,1H3/t8-/m0/s1. The second kappa shape index (κ2) is 4.97. The summed E-state index contributed by atoms with van der Waals surface area (Å²) in [6.45, 7) is 2.64. The van der Waals surface area contributed by atoms with E-state index in [0.717, 1.165) is 0 Å². The van der Waals surface area contributed by atoms with Crippen LogP contribution in [0.25, 0.3) is 0 Å². The highest BCUT2D eigenvalue weighted by atomic mass is 16.5. The Morgan fingerprint density at radius 1 is 1.69 bits per heavy atom. The summed E-state index contributed by atoms with van der Waals surface area (Å²) in [6, 6.07) is 0. The summed E-state index contributed by atoms with van der Waals surface area (Å²) >= 11 is 0. The SMILES string of the molecule is CCOC(=O)CC[C@@H]1OCCC1=O. The van der Waals surface area contributed by atoms with Gasteiger partial charge in [0.1, 0.15) is 6.10 Å². The van der Waals surface area contributed by atoms with Crippen LogP contribution in [-0.4, -0.2) is 31.1 Å². The zero-order valence-corrected chi connectivity index (χ0v) is 7.75. The molecule has 0 saturated carbocycles. The Labute approximate surface area is 77.2 Å². The third-order valence-corrected chi connectivity index (χ3v) is 1.94. The van der Waals surface area contributed by atoms with Crippen molar-refractivity contribution in [3.05, 3.63) is 0 Å². The van der Waals surface area contributed by atoms with Gasteiger partial charge >= 0.3 is 5.97 Å². The first kappa shape index (κ1) is 10.2. The number of Topliss-reactive ketones (excluding diaryl/α,β-unsaturated/α-hetero) is 1. The smallest absolute Gasteiger partial charge is 0.305 e. The average molecular weight is 186 g/mol. The number of carbonyl (C=O) groups excluding carboxylic acids is 2. The highest BCUT2D eigenvalue weighted by molar-refractivity contribution is 5.85. The largest absolute Gasteiger partial charge is 0.466 e. The predicted octanol–water partition coefficient (Wildman–Crippen LogP) is 0.688. The van der Waals surface area contributed by atoms with Crippen molar-refractivity contribution < 1.29 is 19.1 Å². The van der Waals surface area contributed by atoms with Crippen LogP contribution >= 0.6 is 0 Å². The normalized spacial score (nSPS) is 21.9. The summed E-state index contributed by atoms with van der Waals surface area (Å²) < 4.78 is 9.87. The molecule has 74 valence electrons. The van der Waals surface area contributed by atoms with Crippen molar-refractivity contribution in [3.8, 4) is 0 Å². The minimum atomic E-state index is -0.371. The van der Waals surface area contributed by atoms with E-state index in [0.29, 0.717) is 26.1 Å². The fourth-order valence-corrected chi connectivity index (χ4v) is 1.28. The van der Waals surface area contributed by atoms with Crippen LogP contribution in [0.5, 0.6) is 0 Å². The lowest BCUT2D eigenvalue weighted by molar-refractivity contribution is -0.143. The summed E-state index contributed by atoms with van der Waals surface area (Å²) in [5.41, 5.74) is 0. The van der Waals surface area contributed by atoms with E-state index in [9.17, 15) is 9.59 Å². The third-order valence-electron chi connectivity index (χ3n) is 1.94. The van der Waals surface area contributed by atoms with Crippen molar-refractivity contribution in [3.63, 3.8) is 0 Å². The fourth-order valence-electron chi connectivity index (χ4n) is 1.28. The van der Waals surface area contributed by atoms with Gasteiger partial charge in [0.2, 0.25) is 0 Å². The fraction of sp³-hybridized carbons (Fsp3) is 0.778. The van der Waals surface area contributed by atoms with Crippen LogP contribution in [0.1, 0.15) is 26.2 Å². The topological polar surface area (TPSA) is 52.6 Å². The molecule has 0 N–H and O–H groups in total. The number of carbonyl (C=O) groups is 2. The van der Waals surface area contributed by atoms with E-state index in [1.54, 1.807) is 6.92 Å². The zero-order chi connectivity index (χ0) is 9.68. The number of ketones is 1. The van der Waals surface area contributed by atoms with Crippen molar-refractivity contribution in [2.24, 2.45) is 0 Å². The van der Waals surface area contributed by atoms with E-state index in [-0.39, 0.29) is 24.3 Å². The molecule has 0 aromatic rings. The highest BCUT2D eigenvalue weighted by Gasteiger charge is 2.25. The van der Waals surface area contributed by atoms with Crippen LogP contribution in [-0.2, 0) is 19.1 Å². The quantitative estimate of drug-likeness (QED) is 0.606. The van der Waals surface area contributed by atoms with E-state index < -0.39 is 0 Å². The maximum atomic E-state index is 11.1. The van der Waals surface area contributed by atoms with Gasteiger partial charge in [0.15, 0.2) is 5.78 Å². The van der Waals surface area contributed by atoms with Gasteiger partial charge in [0, 0.05) is 12.8 Å². The summed E-state index contributed by atoms with van der Waals surface area (Å²) in [4.78, 5) is 22.0. The first-order valence-electron chi connectivity index (χ1n) is 4.54. The van der Waals surface area contributed by atoms with Crippen molar-refractivity contribution in [1.82, 2.24) is 0 Å². The first-order chi connectivity index (χ1) is 6.24. The van der Waals surface area contributed by atoms with E-state index in [1.807, 2.05) is 0 Å². The molecule has 0 unspecified atom stereocenters.